The Morgan fingerprint density at radius 3 is 2.67 bits per heavy atom. The topological polar surface area (TPSA) is 26.0 Å². The van der Waals surface area contributed by atoms with Crippen molar-refractivity contribution in [3.63, 3.8) is 0 Å². The third-order valence-electron chi connectivity index (χ3n) is 3.12. The minimum atomic E-state index is -0.776. The summed E-state index contributed by atoms with van der Waals surface area (Å²) in [5, 5.41) is 0. The molecule has 0 saturated carbocycles. The molecule has 0 aliphatic rings. The van der Waals surface area contributed by atoms with E-state index in [1.165, 1.54) is 11.1 Å². The van der Waals surface area contributed by atoms with Crippen LogP contribution in [-0.2, 0) is 6.42 Å². The van der Waals surface area contributed by atoms with Gasteiger partial charge in [0.05, 0.1) is 0 Å². The molecule has 1 aromatic heterocycles. The van der Waals surface area contributed by atoms with Crippen molar-refractivity contribution in [3.8, 4) is 0 Å². The number of halogens is 1. The molecule has 2 nitrogen and oxygen atoms in total. The zero-order chi connectivity index (χ0) is 12.5. The highest BCUT2D eigenvalue weighted by Gasteiger charge is 2.10. The minimum Gasteiger partial charge on any atom is -0.415 e. The number of hydrogen-bond acceptors (Lipinski definition) is 2. The number of hydrogen-bond donors (Lipinski definition) is 0. The summed E-state index contributed by atoms with van der Waals surface area (Å²) in [7, 11) is 0. The third-order valence-corrected chi connectivity index (χ3v) is 3.12. The molecule has 0 aliphatic heterocycles. The Kier molecular flexibility index (Phi) is 2.59. The lowest BCUT2D eigenvalue weighted by Gasteiger charge is -2.05. The first-order chi connectivity index (χ1) is 8.74. The summed E-state index contributed by atoms with van der Waals surface area (Å²) >= 11 is 0. The first kappa shape index (κ1) is 11.0. The van der Waals surface area contributed by atoms with Crippen molar-refractivity contribution in [2.24, 2.45) is 0 Å². The van der Waals surface area contributed by atoms with E-state index in [2.05, 4.69) is 24.0 Å². The fourth-order valence-electron chi connectivity index (χ4n) is 2.13. The summed E-state index contributed by atoms with van der Waals surface area (Å²) in [5.74, 6) is 0. The highest BCUT2D eigenvalue weighted by atomic mass is 19.1. The van der Waals surface area contributed by atoms with Crippen LogP contribution >= 0.6 is 0 Å². The molecule has 0 radical (unpaired) electrons. The Morgan fingerprint density at radius 1 is 1.06 bits per heavy atom. The Morgan fingerprint density at radius 2 is 1.83 bits per heavy atom. The Bertz CT molecular complexity index is 703. The summed E-state index contributed by atoms with van der Waals surface area (Å²) in [6.45, 7) is 2.07. The van der Waals surface area contributed by atoms with E-state index in [1.807, 2.05) is 24.3 Å². The Labute approximate surface area is 104 Å². The molecule has 1 heterocycles. The van der Waals surface area contributed by atoms with Crippen LogP contribution in [0.25, 0.3) is 11.1 Å². The number of rotatable bonds is 2. The van der Waals surface area contributed by atoms with Gasteiger partial charge in [-0.1, -0.05) is 36.4 Å². The molecule has 2 aromatic carbocycles. The predicted octanol–water partition coefficient (Wildman–Crippen LogP) is 3.87. The van der Waals surface area contributed by atoms with Gasteiger partial charge in [-0.05, 0) is 36.1 Å². The number of para-hydroxylation sites is 1. The lowest BCUT2D eigenvalue weighted by atomic mass is 10.00. The SMILES string of the molecule is Cc1ccccc1Cc1cccc2oc(F)nc12. The van der Waals surface area contributed by atoms with Crippen molar-refractivity contribution < 1.29 is 8.81 Å². The largest absolute Gasteiger partial charge is 0.415 e. The third kappa shape index (κ3) is 1.88. The van der Waals surface area contributed by atoms with Crippen molar-refractivity contribution >= 4 is 11.1 Å². The zero-order valence-corrected chi connectivity index (χ0v) is 9.98. The first-order valence-electron chi connectivity index (χ1n) is 5.82. The second kappa shape index (κ2) is 4.26. The smallest absolute Gasteiger partial charge is 0.382 e. The number of oxazole rings is 1. The van der Waals surface area contributed by atoms with Crippen molar-refractivity contribution in [1.82, 2.24) is 4.98 Å². The number of aromatic nitrogens is 1. The van der Waals surface area contributed by atoms with Crippen LogP contribution in [0.1, 0.15) is 16.7 Å². The molecule has 0 fully saturated rings. The summed E-state index contributed by atoms with van der Waals surface area (Å²) in [6, 6.07) is 13.7. The van der Waals surface area contributed by atoms with E-state index in [9.17, 15) is 4.39 Å². The average molecular weight is 241 g/mol. The van der Waals surface area contributed by atoms with E-state index in [0.717, 1.165) is 12.0 Å². The predicted molar refractivity (Wildman–Crippen MR) is 68.0 cm³/mol. The number of benzene rings is 2. The van der Waals surface area contributed by atoms with E-state index in [0.29, 0.717) is 11.1 Å². The molecule has 0 N–H and O–H groups in total. The summed E-state index contributed by atoms with van der Waals surface area (Å²) in [5.41, 5.74) is 4.53. The molecule has 0 aliphatic carbocycles. The van der Waals surface area contributed by atoms with Gasteiger partial charge in [0.15, 0.2) is 5.58 Å². The van der Waals surface area contributed by atoms with Crippen LogP contribution in [-0.4, -0.2) is 4.98 Å². The first-order valence-corrected chi connectivity index (χ1v) is 5.82. The molecule has 0 amide bonds. The summed E-state index contributed by atoms with van der Waals surface area (Å²) in [6.07, 6.45) is -0.0436. The molecule has 0 bridgehead atoms. The van der Waals surface area contributed by atoms with E-state index < -0.39 is 6.14 Å². The molecular formula is C15H12FNO. The van der Waals surface area contributed by atoms with E-state index >= 15 is 0 Å². The van der Waals surface area contributed by atoms with Gasteiger partial charge in [0.2, 0.25) is 0 Å². The van der Waals surface area contributed by atoms with Gasteiger partial charge >= 0.3 is 6.14 Å². The molecule has 0 saturated heterocycles. The van der Waals surface area contributed by atoms with Gasteiger partial charge in [-0.25, -0.2) is 0 Å². The maximum Gasteiger partial charge on any atom is 0.382 e. The maximum absolute atomic E-state index is 13.0. The lowest BCUT2D eigenvalue weighted by Crippen LogP contribution is -1.92. The normalized spacial score (nSPS) is 11.0. The van der Waals surface area contributed by atoms with Crippen LogP contribution in [0, 0.1) is 13.1 Å². The number of fused-ring (bicyclic) bond motifs is 1. The summed E-state index contributed by atoms with van der Waals surface area (Å²) in [4.78, 5) is 3.81. The summed E-state index contributed by atoms with van der Waals surface area (Å²) < 4.78 is 17.9. The Balaban J connectivity index is 2.07. The molecule has 3 aromatic rings. The molecule has 3 heteroatoms. The van der Waals surface area contributed by atoms with Gasteiger partial charge < -0.3 is 4.42 Å². The fraction of sp³-hybridized carbons (Fsp3) is 0.133. The van der Waals surface area contributed by atoms with Gasteiger partial charge in [-0.15, -0.1) is 4.39 Å². The van der Waals surface area contributed by atoms with Gasteiger partial charge in [-0.2, -0.15) is 4.98 Å². The van der Waals surface area contributed by atoms with Gasteiger partial charge in [-0.3, -0.25) is 0 Å². The van der Waals surface area contributed by atoms with E-state index in [1.54, 1.807) is 6.07 Å². The fourth-order valence-corrected chi connectivity index (χ4v) is 2.13. The minimum absolute atomic E-state index is 0.499. The van der Waals surface area contributed by atoms with Gasteiger partial charge in [0.1, 0.15) is 5.52 Å². The highest BCUT2D eigenvalue weighted by Crippen LogP contribution is 2.22. The lowest BCUT2D eigenvalue weighted by molar-refractivity contribution is 0.355. The monoisotopic (exact) mass is 241 g/mol. The van der Waals surface area contributed by atoms with Gasteiger partial charge in [0, 0.05) is 0 Å². The van der Waals surface area contributed by atoms with Crippen molar-refractivity contribution in [2.75, 3.05) is 0 Å². The number of aryl methyl sites for hydroxylation is 1. The standard InChI is InChI=1S/C15H12FNO/c1-10-5-2-3-6-11(10)9-12-7-4-8-13-14(12)17-15(16)18-13/h2-8H,9H2,1H3. The van der Waals surface area contributed by atoms with Crippen LogP contribution in [0.3, 0.4) is 0 Å². The highest BCUT2D eigenvalue weighted by molar-refractivity contribution is 5.76. The van der Waals surface area contributed by atoms with Crippen LogP contribution in [0.5, 0.6) is 0 Å². The number of nitrogens with zero attached hydrogens (tertiary/aromatic N) is 1. The molecule has 0 unspecified atom stereocenters. The van der Waals surface area contributed by atoms with Crippen LogP contribution < -0.4 is 0 Å². The molecular weight excluding hydrogens is 229 g/mol. The van der Waals surface area contributed by atoms with Crippen LogP contribution in [0.2, 0.25) is 0 Å². The quantitative estimate of drug-likeness (QED) is 0.680. The van der Waals surface area contributed by atoms with Crippen molar-refractivity contribution in [2.45, 2.75) is 13.3 Å². The second-order valence-corrected chi connectivity index (χ2v) is 4.33. The second-order valence-electron chi connectivity index (χ2n) is 4.33. The molecule has 18 heavy (non-hydrogen) atoms. The van der Waals surface area contributed by atoms with E-state index in [-0.39, 0.29) is 0 Å². The molecule has 90 valence electrons. The van der Waals surface area contributed by atoms with Gasteiger partial charge in [0.25, 0.3) is 0 Å². The average Bonchev–Trinajstić information content (AvgIpc) is 2.73. The van der Waals surface area contributed by atoms with Crippen molar-refractivity contribution in [1.29, 1.82) is 0 Å². The molecule has 0 atom stereocenters. The van der Waals surface area contributed by atoms with Crippen LogP contribution in [0.4, 0.5) is 4.39 Å². The zero-order valence-electron chi connectivity index (χ0n) is 9.98. The molecule has 0 spiro atoms. The maximum atomic E-state index is 13.0. The Hall–Kier alpha value is -2.16. The molecule has 3 rings (SSSR count). The van der Waals surface area contributed by atoms with E-state index in [4.69, 9.17) is 4.42 Å². The van der Waals surface area contributed by atoms with Crippen LogP contribution in [0.15, 0.2) is 46.9 Å². The van der Waals surface area contributed by atoms with Crippen molar-refractivity contribution in [3.05, 3.63) is 65.3 Å².